The summed E-state index contributed by atoms with van der Waals surface area (Å²) in [6.07, 6.45) is -0.761. The molecule has 0 aliphatic rings. The van der Waals surface area contributed by atoms with Gasteiger partial charge in [0.2, 0.25) is 23.6 Å². The number of carbonyl (C=O) groups is 5. The summed E-state index contributed by atoms with van der Waals surface area (Å²) in [5, 5.41) is 45.1. The number of phenols is 2. The fourth-order valence-electron chi connectivity index (χ4n) is 3.47. The average Bonchev–Trinajstić information content (AvgIpc) is 2.88. The van der Waals surface area contributed by atoms with Crippen LogP contribution in [0.4, 0.5) is 0 Å². The lowest BCUT2D eigenvalue weighted by molar-refractivity contribution is -0.142. The number of nitrogens with one attached hydrogen (secondary N) is 3. The summed E-state index contributed by atoms with van der Waals surface area (Å²) in [5.74, 6) is -5.07. The number of aromatic hydroxyl groups is 2. The van der Waals surface area contributed by atoms with E-state index in [4.69, 9.17) is 11.5 Å². The number of hydrogen-bond acceptors (Lipinski definition) is 9. The normalized spacial score (nSPS) is 13.8. The van der Waals surface area contributed by atoms with Crippen LogP contribution < -0.4 is 27.4 Å². The summed E-state index contributed by atoms with van der Waals surface area (Å²) in [4.78, 5) is 61.1. The highest BCUT2D eigenvalue weighted by molar-refractivity contribution is 5.95. The standard InChI is InChI=1S/C25H31N5O9/c26-17(11-21(27)34)22(35)28-18(9-13-1-5-15(32)6-2-13)23(36)30-20(12-31)24(37)29-19(25(38)39)10-14-3-7-16(33)8-4-14/h1-8,17-20,31-33H,9-12,26H2,(H2,27,34)(H,28,35)(H,29,37)(H,30,36)(H,38,39). The van der Waals surface area contributed by atoms with Gasteiger partial charge in [0.05, 0.1) is 19.1 Å². The van der Waals surface area contributed by atoms with Crippen molar-refractivity contribution < 1.29 is 44.4 Å². The van der Waals surface area contributed by atoms with Gasteiger partial charge in [0, 0.05) is 12.8 Å². The Labute approximate surface area is 223 Å². The minimum absolute atomic E-state index is 0.0257. The average molecular weight is 546 g/mol. The Balaban J connectivity index is 2.16. The molecule has 0 aliphatic carbocycles. The van der Waals surface area contributed by atoms with Crippen LogP contribution in [0.15, 0.2) is 48.5 Å². The topological polar surface area (TPSA) is 254 Å². The molecule has 2 aromatic carbocycles. The smallest absolute Gasteiger partial charge is 0.326 e. The lowest BCUT2D eigenvalue weighted by atomic mass is 10.0. The van der Waals surface area contributed by atoms with Crippen LogP contribution in [0.2, 0.25) is 0 Å². The molecule has 4 amide bonds. The predicted molar refractivity (Wildman–Crippen MR) is 136 cm³/mol. The van der Waals surface area contributed by atoms with Gasteiger partial charge in [-0.1, -0.05) is 24.3 Å². The Kier molecular flexibility index (Phi) is 11.2. The molecule has 39 heavy (non-hydrogen) atoms. The first-order chi connectivity index (χ1) is 18.4. The van der Waals surface area contributed by atoms with E-state index in [9.17, 15) is 44.4 Å². The Bertz CT molecular complexity index is 1170. The van der Waals surface area contributed by atoms with Crippen LogP contribution in [-0.4, -0.2) is 80.8 Å². The highest BCUT2D eigenvalue weighted by Crippen LogP contribution is 2.13. The van der Waals surface area contributed by atoms with E-state index in [0.29, 0.717) is 11.1 Å². The van der Waals surface area contributed by atoms with Crippen LogP contribution in [0.25, 0.3) is 0 Å². The van der Waals surface area contributed by atoms with Crippen molar-refractivity contribution in [2.24, 2.45) is 11.5 Å². The van der Waals surface area contributed by atoms with Gasteiger partial charge in [-0.3, -0.25) is 19.2 Å². The van der Waals surface area contributed by atoms with Crippen molar-refractivity contribution in [2.45, 2.75) is 43.4 Å². The van der Waals surface area contributed by atoms with Gasteiger partial charge in [0.15, 0.2) is 0 Å². The van der Waals surface area contributed by atoms with Crippen LogP contribution in [0.3, 0.4) is 0 Å². The third-order valence-corrected chi connectivity index (χ3v) is 5.57. The first-order valence-corrected chi connectivity index (χ1v) is 11.7. The van der Waals surface area contributed by atoms with Crippen molar-refractivity contribution in [1.82, 2.24) is 16.0 Å². The number of benzene rings is 2. The number of nitrogens with two attached hydrogens (primary N) is 2. The number of aliphatic hydroxyl groups excluding tert-OH is 1. The van der Waals surface area contributed by atoms with Crippen LogP contribution in [0.5, 0.6) is 11.5 Å². The van der Waals surface area contributed by atoms with Crippen LogP contribution in [-0.2, 0) is 36.8 Å². The van der Waals surface area contributed by atoms with E-state index < -0.39 is 66.8 Å². The number of carboxylic acid groups (broad SMARTS) is 1. The van der Waals surface area contributed by atoms with Gasteiger partial charge in [0.25, 0.3) is 0 Å². The molecule has 4 atom stereocenters. The van der Waals surface area contributed by atoms with Crippen molar-refractivity contribution in [3.05, 3.63) is 59.7 Å². The first-order valence-electron chi connectivity index (χ1n) is 11.7. The van der Waals surface area contributed by atoms with Crippen LogP contribution in [0, 0.1) is 0 Å². The summed E-state index contributed by atoms with van der Waals surface area (Å²) in [5.41, 5.74) is 11.7. The van der Waals surface area contributed by atoms with Crippen LogP contribution in [0.1, 0.15) is 17.5 Å². The zero-order valence-corrected chi connectivity index (χ0v) is 20.7. The molecule has 210 valence electrons. The predicted octanol–water partition coefficient (Wildman–Crippen LogP) is -2.38. The molecule has 0 saturated heterocycles. The lowest BCUT2D eigenvalue weighted by Gasteiger charge is -2.24. The molecule has 2 rings (SSSR count). The quantitative estimate of drug-likeness (QED) is 0.122. The highest BCUT2D eigenvalue weighted by Gasteiger charge is 2.30. The Morgan fingerprint density at radius 3 is 1.54 bits per heavy atom. The fraction of sp³-hybridized carbons (Fsp3) is 0.320. The van der Waals surface area contributed by atoms with Crippen molar-refractivity contribution in [3.63, 3.8) is 0 Å². The molecule has 0 radical (unpaired) electrons. The fourth-order valence-corrected chi connectivity index (χ4v) is 3.47. The minimum Gasteiger partial charge on any atom is -0.508 e. The molecular formula is C25H31N5O9. The number of carbonyl (C=O) groups excluding carboxylic acids is 4. The summed E-state index contributed by atoms with van der Waals surface area (Å²) in [6, 6.07) is 5.64. The maximum atomic E-state index is 13.1. The lowest BCUT2D eigenvalue weighted by Crippen LogP contribution is -2.58. The molecule has 14 nitrogen and oxygen atoms in total. The molecule has 0 heterocycles. The SMILES string of the molecule is NC(=O)CC(N)C(=O)NC(Cc1ccc(O)cc1)C(=O)NC(CO)C(=O)NC(Cc1ccc(O)cc1)C(=O)O. The van der Waals surface area contributed by atoms with E-state index in [0.717, 1.165) is 0 Å². The van der Waals surface area contributed by atoms with E-state index in [1.807, 2.05) is 0 Å². The minimum atomic E-state index is -1.59. The van der Waals surface area contributed by atoms with E-state index in [1.54, 1.807) is 0 Å². The number of amides is 4. The molecule has 0 saturated carbocycles. The summed E-state index contributed by atoms with van der Waals surface area (Å²) in [7, 11) is 0. The zero-order valence-electron chi connectivity index (χ0n) is 20.7. The van der Waals surface area contributed by atoms with Crippen molar-refractivity contribution in [1.29, 1.82) is 0 Å². The molecule has 0 spiro atoms. The highest BCUT2D eigenvalue weighted by atomic mass is 16.4. The summed E-state index contributed by atoms with van der Waals surface area (Å²) in [6.45, 7) is -0.899. The third kappa shape index (κ3) is 9.94. The van der Waals surface area contributed by atoms with Crippen molar-refractivity contribution >= 4 is 29.6 Å². The van der Waals surface area contributed by atoms with Gasteiger partial charge < -0.3 is 47.8 Å². The number of aliphatic carboxylic acids is 1. The largest absolute Gasteiger partial charge is 0.508 e. The molecule has 0 fully saturated rings. The second kappa shape index (κ2) is 14.3. The monoisotopic (exact) mass is 545 g/mol. The van der Waals surface area contributed by atoms with Gasteiger partial charge in [-0.25, -0.2) is 4.79 Å². The zero-order chi connectivity index (χ0) is 29.1. The van der Waals surface area contributed by atoms with E-state index in [2.05, 4.69) is 16.0 Å². The number of phenolic OH excluding ortho intramolecular Hbond substituents is 2. The van der Waals surface area contributed by atoms with Gasteiger partial charge in [-0.05, 0) is 35.4 Å². The molecule has 14 heteroatoms. The summed E-state index contributed by atoms with van der Waals surface area (Å²) >= 11 is 0. The van der Waals surface area contributed by atoms with Gasteiger partial charge in [0.1, 0.15) is 29.6 Å². The second-order valence-corrected chi connectivity index (χ2v) is 8.72. The maximum Gasteiger partial charge on any atom is 0.326 e. The van der Waals surface area contributed by atoms with E-state index >= 15 is 0 Å². The number of hydrogen-bond donors (Lipinski definition) is 9. The molecule has 0 aliphatic heterocycles. The number of primary amides is 1. The number of rotatable bonds is 14. The van der Waals surface area contributed by atoms with Gasteiger partial charge in [-0.2, -0.15) is 0 Å². The van der Waals surface area contributed by atoms with E-state index in [1.165, 1.54) is 48.5 Å². The molecule has 11 N–H and O–H groups in total. The summed E-state index contributed by atoms with van der Waals surface area (Å²) < 4.78 is 0. The Hall–Kier alpha value is -4.69. The maximum absolute atomic E-state index is 13.1. The Morgan fingerprint density at radius 1 is 0.692 bits per heavy atom. The first kappa shape index (κ1) is 30.5. The molecule has 0 aromatic heterocycles. The molecule has 2 aromatic rings. The molecule has 4 unspecified atom stereocenters. The Morgan fingerprint density at radius 2 is 1.10 bits per heavy atom. The molecular weight excluding hydrogens is 514 g/mol. The second-order valence-electron chi connectivity index (χ2n) is 8.72. The number of aliphatic hydroxyl groups is 1. The third-order valence-electron chi connectivity index (χ3n) is 5.57. The van der Waals surface area contributed by atoms with Gasteiger partial charge >= 0.3 is 5.97 Å². The van der Waals surface area contributed by atoms with E-state index in [-0.39, 0.29) is 24.3 Å². The van der Waals surface area contributed by atoms with Crippen molar-refractivity contribution in [2.75, 3.05) is 6.61 Å². The molecule has 0 bridgehead atoms. The van der Waals surface area contributed by atoms with Crippen LogP contribution >= 0.6 is 0 Å². The van der Waals surface area contributed by atoms with Crippen molar-refractivity contribution in [3.8, 4) is 11.5 Å². The number of carboxylic acids is 1. The van der Waals surface area contributed by atoms with Gasteiger partial charge in [-0.15, -0.1) is 0 Å².